The highest BCUT2D eigenvalue weighted by Gasteiger charge is 2.21. The smallest absolute Gasteiger partial charge is 0.251 e. The molecular formula is C18H19N5O2S2. The van der Waals surface area contributed by atoms with Gasteiger partial charge in [-0.1, -0.05) is 24.3 Å². The lowest BCUT2D eigenvalue weighted by Crippen LogP contribution is -2.37. The summed E-state index contributed by atoms with van der Waals surface area (Å²) in [4.78, 5) is 25.4. The normalized spacial score (nSPS) is 11.7. The molecular weight excluding hydrogens is 382 g/mol. The van der Waals surface area contributed by atoms with Gasteiger partial charge in [0.1, 0.15) is 6.04 Å². The van der Waals surface area contributed by atoms with Gasteiger partial charge < -0.3 is 10.6 Å². The molecule has 3 aromatic rings. The van der Waals surface area contributed by atoms with Crippen LogP contribution in [0.5, 0.6) is 0 Å². The van der Waals surface area contributed by atoms with E-state index in [1.165, 1.54) is 11.3 Å². The molecule has 0 saturated carbocycles. The summed E-state index contributed by atoms with van der Waals surface area (Å²) in [5.74, 6) is 0.268. The van der Waals surface area contributed by atoms with E-state index in [2.05, 4.69) is 20.8 Å². The fourth-order valence-electron chi connectivity index (χ4n) is 2.56. The first kappa shape index (κ1) is 19.0. The Labute approximate surface area is 165 Å². The second-order valence-electron chi connectivity index (χ2n) is 5.79. The topological polar surface area (TPSA) is 91.8 Å². The van der Waals surface area contributed by atoms with E-state index in [0.29, 0.717) is 29.2 Å². The molecule has 2 aromatic heterocycles. The van der Waals surface area contributed by atoms with Crippen LogP contribution >= 0.6 is 23.6 Å². The molecule has 0 fully saturated rings. The average molecular weight is 402 g/mol. The lowest BCUT2D eigenvalue weighted by molar-refractivity contribution is -0.123. The van der Waals surface area contributed by atoms with Crippen molar-refractivity contribution in [3.8, 4) is 10.7 Å². The number of carbonyl (C=O) groups is 2. The van der Waals surface area contributed by atoms with Gasteiger partial charge in [-0.15, -0.1) is 11.3 Å². The van der Waals surface area contributed by atoms with E-state index in [4.69, 9.17) is 12.2 Å². The number of rotatable bonds is 7. The molecule has 9 heteroatoms. The van der Waals surface area contributed by atoms with Crippen LogP contribution in [0.2, 0.25) is 0 Å². The number of nitrogens with zero attached hydrogens (tertiary/aromatic N) is 2. The van der Waals surface area contributed by atoms with Crippen molar-refractivity contribution in [2.24, 2.45) is 0 Å². The number of hydrogen-bond donors (Lipinski definition) is 3. The Bertz CT molecular complexity index is 963. The van der Waals surface area contributed by atoms with Crippen LogP contribution in [-0.4, -0.2) is 39.7 Å². The molecule has 0 spiro atoms. The number of amides is 2. The van der Waals surface area contributed by atoms with Crippen molar-refractivity contribution in [1.82, 2.24) is 25.4 Å². The molecule has 0 aliphatic carbocycles. The average Bonchev–Trinajstić information content (AvgIpc) is 3.34. The predicted octanol–water partition coefficient (Wildman–Crippen LogP) is 2.78. The Morgan fingerprint density at radius 1 is 1.19 bits per heavy atom. The second-order valence-corrected chi connectivity index (χ2v) is 7.12. The van der Waals surface area contributed by atoms with Gasteiger partial charge >= 0.3 is 0 Å². The highest BCUT2D eigenvalue weighted by atomic mass is 32.1. The van der Waals surface area contributed by atoms with Crippen LogP contribution in [0.1, 0.15) is 23.3 Å². The van der Waals surface area contributed by atoms with Crippen LogP contribution < -0.4 is 10.6 Å². The van der Waals surface area contributed by atoms with Gasteiger partial charge in [0.05, 0.1) is 4.88 Å². The van der Waals surface area contributed by atoms with Crippen LogP contribution in [0, 0.1) is 4.77 Å². The summed E-state index contributed by atoms with van der Waals surface area (Å²) in [5, 5.41) is 14.5. The van der Waals surface area contributed by atoms with Crippen molar-refractivity contribution in [2.45, 2.75) is 13.0 Å². The van der Waals surface area contributed by atoms with Crippen molar-refractivity contribution in [2.75, 3.05) is 13.1 Å². The first-order chi connectivity index (χ1) is 13.1. The molecule has 140 valence electrons. The van der Waals surface area contributed by atoms with E-state index in [1.807, 2.05) is 23.6 Å². The molecule has 7 nitrogen and oxygen atoms in total. The van der Waals surface area contributed by atoms with Crippen LogP contribution in [-0.2, 0) is 4.79 Å². The molecule has 1 aromatic carbocycles. The quantitative estimate of drug-likeness (QED) is 0.419. The number of benzene rings is 1. The van der Waals surface area contributed by atoms with E-state index >= 15 is 0 Å². The molecule has 3 N–H and O–H groups in total. The monoisotopic (exact) mass is 401 g/mol. The molecule has 2 heterocycles. The van der Waals surface area contributed by atoms with Gasteiger partial charge in [0, 0.05) is 18.7 Å². The van der Waals surface area contributed by atoms with Crippen molar-refractivity contribution >= 4 is 35.4 Å². The minimum absolute atomic E-state index is 0.171. The molecule has 1 unspecified atom stereocenters. The van der Waals surface area contributed by atoms with Gasteiger partial charge in [-0.3, -0.25) is 19.3 Å². The summed E-state index contributed by atoms with van der Waals surface area (Å²) in [5.41, 5.74) is 0.586. The lowest BCUT2D eigenvalue weighted by Gasteiger charge is -2.15. The van der Waals surface area contributed by atoms with Gasteiger partial charge in [0.25, 0.3) is 5.91 Å². The minimum Gasteiger partial charge on any atom is -0.353 e. The number of hydrogen-bond acceptors (Lipinski definition) is 5. The summed E-state index contributed by atoms with van der Waals surface area (Å²) in [6.45, 7) is 2.42. The third-order valence-corrected chi connectivity index (χ3v) is 5.11. The van der Waals surface area contributed by atoms with Gasteiger partial charge in [0.15, 0.2) is 10.6 Å². The number of aromatic nitrogens is 3. The third kappa shape index (κ3) is 4.50. The van der Waals surface area contributed by atoms with E-state index in [0.717, 1.165) is 4.88 Å². The zero-order valence-corrected chi connectivity index (χ0v) is 16.3. The summed E-state index contributed by atoms with van der Waals surface area (Å²) in [6.07, 6.45) is 0. The zero-order chi connectivity index (χ0) is 19.2. The van der Waals surface area contributed by atoms with E-state index in [-0.39, 0.29) is 11.8 Å². The first-order valence-electron chi connectivity index (χ1n) is 8.39. The molecule has 1 atom stereocenters. The Morgan fingerprint density at radius 2 is 1.93 bits per heavy atom. The SMILES string of the molecule is CC(C(=O)NCCNC(=O)c1ccccc1)n1c(-c2cccs2)n[nH]c1=S. The maximum absolute atomic E-state index is 12.5. The van der Waals surface area contributed by atoms with Crippen LogP contribution in [0.25, 0.3) is 10.7 Å². The standard InChI is InChI=1S/C18H19N5O2S2/c1-12(23-15(21-22-18(23)26)14-8-5-11-27-14)16(24)19-9-10-20-17(25)13-6-3-2-4-7-13/h2-8,11-12H,9-10H2,1H3,(H,19,24)(H,20,25)(H,22,26). The highest BCUT2D eigenvalue weighted by Crippen LogP contribution is 2.25. The second kappa shape index (κ2) is 8.74. The Morgan fingerprint density at radius 3 is 2.63 bits per heavy atom. The molecule has 0 bridgehead atoms. The first-order valence-corrected chi connectivity index (χ1v) is 9.68. The minimum atomic E-state index is -0.529. The van der Waals surface area contributed by atoms with Gasteiger partial charge in [-0.25, -0.2) is 0 Å². The van der Waals surface area contributed by atoms with Gasteiger partial charge in [-0.2, -0.15) is 5.10 Å². The summed E-state index contributed by atoms with van der Waals surface area (Å²) >= 11 is 6.80. The van der Waals surface area contributed by atoms with E-state index in [1.54, 1.807) is 35.8 Å². The summed E-state index contributed by atoms with van der Waals surface area (Å²) in [7, 11) is 0. The van der Waals surface area contributed by atoms with Gasteiger partial charge in [-0.05, 0) is 42.7 Å². The zero-order valence-electron chi connectivity index (χ0n) is 14.6. The third-order valence-electron chi connectivity index (χ3n) is 3.96. The lowest BCUT2D eigenvalue weighted by atomic mass is 10.2. The molecule has 0 aliphatic heterocycles. The molecule has 27 heavy (non-hydrogen) atoms. The molecule has 0 aliphatic rings. The fraction of sp³-hybridized carbons (Fsp3) is 0.222. The van der Waals surface area contributed by atoms with Crippen LogP contribution in [0.15, 0.2) is 47.8 Å². The molecule has 3 rings (SSSR count). The molecule has 0 radical (unpaired) electrons. The molecule has 2 amide bonds. The maximum Gasteiger partial charge on any atom is 0.251 e. The van der Waals surface area contributed by atoms with E-state index < -0.39 is 6.04 Å². The Balaban J connectivity index is 1.55. The highest BCUT2D eigenvalue weighted by molar-refractivity contribution is 7.71. The van der Waals surface area contributed by atoms with Crippen molar-refractivity contribution < 1.29 is 9.59 Å². The Kier molecular flexibility index (Phi) is 6.15. The maximum atomic E-state index is 12.5. The van der Waals surface area contributed by atoms with Crippen molar-refractivity contribution in [1.29, 1.82) is 0 Å². The van der Waals surface area contributed by atoms with Crippen LogP contribution in [0.3, 0.4) is 0 Å². The molecule has 0 saturated heterocycles. The number of aromatic amines is 1. The largest absolute Gasteiger partial charge is 0.353 e. The number of nitrogens with one attached hydrogen (secondary N) is 3. The fourth-order valence-corrected chi connectivity index (χ4v) is 3.56. The number of carbonyl (C=O) groups excluding carboxylic acids is 2. The number of thiophene rings is 1. The summed E-state index contributed by atoms with van der Waals surface area (Å²) < 4.78 is 2.08. The van der Waals surface area contributed by atoms with Crippen molar-refractivity contribution in [3.05, 3.63) is 58.2 Å². The summed E-state index contributed by atoms with van der Waals surface area (Å²) in [6, 6.07) is 12.3. The van der Waals surface area contributed by atoms with E-state index in [9.17, 15) is 9.59 Å². The van der Waals surface area contributed by atoms with Crippen LogP contribution in [0.4, 0.5) is 0 Å². The number of H-pyrrole nitrogens is 1. The predicted molar refractivity (Wildman–Crippen MR) is 107 cm³/mol. The van der Waals surface area contributed by atoms with Gasteiger partial charge in [0.2, 0.25) is 5.91 Å². The van der Waals surface area contributed by atoms with Crippen molar-refractivity contribution in [3.63, 3.8) is 0 Å². The Hall–Kier alpha value is -2.78.